The minimum atomic E-state index is -0.677. The van der Waals surface area contributed by atoms with Crippen molar-refractivity contribution in [1.29, 1.82) is 0 Å². The van der Waals surface area contributed by atoms with Crippen LogP contribution in [0.15, 0.2) is 84.4 Å². The molecule has 3 amide bonds. The summed E-state index contributed by atoms with van der Waals surface area (Å²) in [4.78, 5) is 66.3. The van der Waals surface area contributed by atoms with E-state index in [0.29, 0.717) is 23.4 Å². The van der Waals surface area contributed by atoms with Crippen molar-refractivity contribution >= 4 is 41.1 Å². The fourth-order valence-corrected chi connectivity index (χ4v) is 5.15. The number of nitrogens with zero attached hydrogens (tertiary/aromatic N) is 2. The van der Waals surface area contributed by atoms with E-state index in [1.165, 1.54) is 48.5 Å². The lowest BCUT2D eigenvalue weighted by Gasteiger charge is -2.30. The molecule has 1 aliphatic heterocycles. The topological polar surface area (TPSA) is 101 Å². The Morgan fingerprint density at radius 1 is 0.829 bits per heavy atom. The van der Waals surface area contributed by atoms with Gasteiger partial charge in [-0.05, 0) is 87.4 Å². The molecule has 0 bridgehead atoms. The summed E-state index contributed by atoms with van der Waals surface area (Å²) in [5, 5.41) is 2.18. The predicted octanol–water partition coefficient (Wildman–Crippen LogP) is 5.45. The van der Waals surface area contributed by atoms with Gasteiger partial charge in [0.25, 0.3) is 17.7 Å². The number of hydrazine groups is 1. The maximum Gasteiger partial charge on any atom is 0.343 e. The summed E-state index contributed by atoms with van der Waals surface area (Å²) in [7, 11) is 0. The van der Waals surface area contributed by atoms with E-state index in [9.17, 15) is 24.0 Å². The summed E-state index contributed by atoms with van der Waals surface area (Å²) in [5.41, 5.74) is 2.78. The van der Waals surface area contributed by atoms with Gasteiger partial charge in [0.2, 0.25) is 0 Å². The summed E-state index contributed by atoms with van der Waals surface area (Å²) >= 11 is 5.98. The number of carbonyl (C=O) groups excluding carboxylic acids is 5. The zero-order chi connectivity index (χ0) is 29.3. The molecule has 5 rings (SSSR count). The van der Waals surface area contributed by atoms with Gasteiger partial charge in [-0.25, -0.2) is 9.80 Å². The van der Waals surface area contributed by atoms with Crippen molar-refractivity contribution in [2.24, 2.45) is 11.8 Å². The molecule has 0 aromatic heterocycles. The summed E-state index contributed by atoms with van der Waals surface area (Å²) in [6.07, 6.45) is 2.75. The van der Waals surface area contributed by atoms with Crippen LogP contribution >= 0.6 is 11.6 Å². The number of ether oxygens (including phenoxy) is 1. The fourth-order valence-electron chi connectivity index (χ4n) is 5.02. The van der Waals surface area contributed by atoms with Gasteiger partial charge < -0.3 is 4.74 Å². The third kappa shape index (κ3) is 5.83. The number of allylic oxidation sites excluding steroid dienone is 2. The SMILES string of the molecule is CC1=CC[C@H]2C(=O)N(N(CC(=O)c3ccc(OC(=O)c4ccc(C)cc4)cc3)C(=O)c3ccc(Cl)cc3)C(=O)[C@@H]2C1. The average molecular weight is 571 g/mol. The van der Waals surface area contributed by atoms with E-state index in [0.717, 1.165) is 21.2 Å². The Balaban J connectivity index is 1.37. The molecule has 41 heavy (non-hydrogen) atoms. The molecule has 208 valence electrons. The van der Waals surface area contributed by atoms with Crippen molar-refractivity contribution in [3.63, 3.8) is 0 Å². The van der Waals surface area contributed by atoms with Gasteiger partial charge >= 0.3 is 5.97 Å². The Labute approximate surface area is 242 Å². The Morgan fingerprint density at radius 3 is 2.07 bits per heavy atom. The minimum absolute atomic E-state index is 0.172. The van der Waals surface area contributed by atoms with Gasteiger partial charge in [0.1, 0.15) is 12.3 Å². The molecular weight excluding hydrogens is 544 g/mol. The van der Waals surface area contributed by atoms with Crippen molar-refractivity contribution in [2.75, 3.05) is 6.54 Å². The Bertz CT molecular complexity index is 1560. The second-order valence-corrected chi connectivity index (χ2v) is 10.7. The highest BCUT2D eigenvalue weighted by Gasteiger charge is 2.51. The molecule has 3 aromatic carbocycles. The molecule has 3 aromatic rings. The Hall–Kier alpha value is -4.56. The lowest BCUT2D eigenvalue weighted by Crippen LogP contribution is -2.52. The van der Waals surface area contributed by atoms with E-state index in [-0.39, 0.29) is 16.9 Å². The van der Waals surface area contributed by atoms with Gasteiger partial charge in [0.05, 0.1) is 17.4 Å². The van der Waals surface area contributed by atoms with E-state index in [2.05, 4.69) is 0 Å². The Kier molecular flexibility index (Phi) is 7.85. The summed E-state index contributed by atoms with van der Waals surface area (Å²) in [6.45, 7) is 3.27. The average Bonchev–Trinajstić information content (AvgIpc) is 3.20. The number of hydrogen-bond acceptors (Lipinski definition) is 6. The molecular formula is C32H27ClN2O6. The molecule has 1 heterocycles. The third-order valence-electron chi connectivity index (χ3n) is 7.33. The van der Waals surface area contributed by atoms with Crippen LogP contribution in [0.5, 0.6) is 5.75 Å². The number of Topliss-reactive ketones (excluding diaryl/α,β-unsaturated/α-hetero) is 1. The van der Waals surface area contributed by atoms with Gasteiger partial charge in [0.15, 0.2) is 5.78 Å². The van der Waals surface area contributed by atoms with E-state index < -0.39 is 47.9 Å². The molecule has 1 fully saturated rings. The van der Waals surface area contributed by atoms with Crippen LogP contribution in [0.3, 0.4) is 0 Å². The van der Waals surface area contributed by atoms with Crippen molar-refractivity contribution in [3.8, 4) is 5.75 Å². The maximum absolute atomic E-state index is 13.6. The lowest BCUT2D eigenvalue weighted by atomic mass is 9.82. The first kappa shape index (κ1) is 28.0. The van der Waals surface area contributed by atoms with Crippen LogP contribution < -0.4 is 4.74 Å². The molecule has 1 aliphatic carbocycles. The summed E-state index contributed by atoms with van der Waals surface area (Å²) in [6, 6.07) is 18.8. The number of ketones is 1. The lowest BCUT2D eigenvalue weighted by molar-refractivity contribution is -0.154. The number of esters is 1. The molecule has 2 atom stereocenters. The van der Waals surface area contributed by atoms with E-state index in [1.807, 2.05) is 19.9 Å². The van der Waals surface area contributed by atoms with Crippen LogP contribution in [0, 0.1) is 18.8 Å². The quantitative estimate of drug-likeness (QED) is 0.123. The maximum atomic E-state index is 13.6. The van der Waals surface area contributed by atoms with Crippen LogP contribution in [-0.2, 0) is 9.59 Å². The van der Waals surface area contributed by atoms with Gasteiger partial charge in [-0.1, -0.05) is 40.9 Å². The largest absolute Gasteiger partial charge is 0.423 e. The van der Waals surface area contributed by atoms with E-state index in [1.54, 1.807) is 24.3 Å². The number of aryl methyl sites for hydroxylation is 1. The number of carbonyl (C=O) groups is 5. The van der Waals surface area contributed by atoms with Crippen LogP contribution in [0.4, 0.5) is 0 Å². The standard InChI is InChI=1S/C32H27ClN2O6/c1-19-3-6-23(7-4-19)32(40)41-25-14-10-21(11-15-25)28(36)18-34(29(37)22-8-12-24(33)13-9-22)35-30(38)26-16-5-20(2)17-27(26)31(35)39/h3-15,26-27H,16-18H2,1-2H3/t26-,27-/m1/s1. The van der Waals surface area contributed by atoms with E-state index >= 15 is 0 Å². The Morgan fingerprint density at radius 2 is 1.41 bits per heavy atom. The predicted molar refractivity (Wildman–Crippen MR) is 151 cm³/mol. The van der Waals surface area contributed by atoms with Crippen molar-refractivity contribution < 1.29 is 28.7 Å². The van der Waals surface area contributed by atoms with Gasteiger partial charge in [0, 0.05) is 16.1 Å². The first-order chi connectivity index (χ1) is 19.6. The zero-order valence-electron chi connectivity index (χ0n) is 22.5. The molecule has 0 saturated carbocycles. The van der Waals surface area contributed by atoms with Crippen molar-refractivity contribution in [1.82, 2.24) is 10.0 Å². The fraction of sp³-hybridized carbons (Fsp3) is 0.219. The highest BCUT2D eigenvalue weighted by molar-refractivity contribution is 6.30. The molecule has 9 heteroatoms. The van der Waals surface area contributed by atoms with Gasteiger partial charge in [-0.15, -0.1) is 0 Å². The normalized spacial score (nSPS) is 18.0. The van der Waals surface area contributed by atoms with Crippen LogP contribution in [0.2, 0.25) is 5.02 Å². The number of imide groups is 1. The van der Waals surface area contributed by atoms with Gasteiger partial charge in [-0.3, -0.25) is 19.2 Å². The third-order valence-corrected chi connectivity index (χ3v) is 7.59. The highest BCUT2D eigenvalue weighted by atomic mass is 35.5. The number of hydrogen-bond donors (Lipinski definition) is 0. The molecule has 0 unspecified atom stereocenters. The van der Waals surface area contributed by atoms with Crippen LogP contribution in [0.25, 0.3) is 0 Å². The number of rotatable bonds is 7. The smallest absolute Gasteiger partial charge is 0.343 e. The van der Waals surface area contributed by atoms with Crippen molar-refractivity contribution in [3.05, 3.63) is 112 Å². The molecule has 1 saturated heterocycles. The zero-order valence-corrected chi connectivity index (χ0v) is 23.3. The number of halogens is 1. The number of fused-ring (bicyclic) bond motifs is 1. The summed E-state index contributed by atoms with van der Waals surface area (Å²) in [5.74, 6) is -3.65. The molecule has 0 N–H and O–H groups in total. The first-order valence-electron chi connectivity index (χ1n) is 13.2. The minimum Gasteiger partial charge on any atom is -0.423 e. The first-order valence-corrected chi connectivity index (χ1v) is 13.5. The number of amides is 3. The second-order valence-electron chi connectivity index (χ2n) is 10.3. The second kappa shape index (κ2) is 11.5. The molecule has 0 spiro atoms. The monoisotopic (exact) mass is 570 g/mol. The summed E-state index contributed by atoms with van der Waals surface area (Å²) < 4.78 is 5.41. The molecule has 2 aliphatic rings. The molecule has 8 nitrogen and oxygen atoms in total. The van der Waals surface area contributed by atoms with Crippen molar-refractivity contribution in [2.45, 2.75) is 26.7 Å². The van der Waals surface area contributed by atoms with Crippen LogP contribution in [-0.4, -0.2) is 46.0 Å². The number of benzene rings is 3. The highest BCUT2D eigenvalue weighted by Crippen LogP contribution is 2.38. The van der Waals surface area contributed by atoms with E-state index in [4.69, 9.17) is 16.3 Å². The molecule has 0 radical (unpaired) electrons. The van der Waals surface area contributed by atoms with Crippen LogP contribution in [0.1, 0.15) is 56.4 Å². The van der Waals surface area contributed by atoms with Gasteiger partial charge in [-0.2, -0.15) is 5.01 Å².